The molecule has 1 saturated heterocycles. The van der Waals surface area contributed by atoms with Gasteiger partial charge in [0.2, 0.25) is 11.8 Å². The largest absolute Gasteiger partial charge is 0.350 e. The fraction of sp³-hybridized carbons (Fsp3) is 0.529. The van der Waals surface area contributed by atoms with E-state index >= 15 is 0 Å². The molecule has 0 spiro atoms. The first-order valence-electron chi connectivity index (χ1n) is 7.80. The standard InChI is InChI=1S/C17H22F2N2O2S/c1-17(2,3)20-16(23)14-9-24-10-21(14)15(22)7-4-11-8-12(18)5-6-13(11)19/h5-6,8,14H,4,7,9-10H2,1-3H3,(H,20,23). The van der Waals surface area contributed by atoms with Gasteiger partial charge in [0, 0.05) is 17.7 Å². The highest BCUT2D eigenvalue weighted by atomic mass is 32.2. The van der Waals surface area contributed by atoms with Crippen LogP contribution in [-0.4, -0.2) is 39.9 Å². The van der Waals surface area contributed by atoms with Crippen molar-refractivity contribution < 1.29 is 18.4 Å². The summed E-state index contributed by atoms with van der Waals surface area (Å²) in [5.41, 5.74) is -0.199. The smallest absolute Gasteiger partial charge is 0.244 e. The van der Waals surface area contributed by atoms with Gasteiger partial charge in [0.05, 0.1) is 5.88 Å². The molecule has 1 atom stereocenters. The molecule has 1 fully saturated rings. The lowest BCUT2D eigenvalue weighted by atomic mass is 10.1. The maximum absolute atomic E-state index is 13.6. The Morgan fingerprint density at radius 3 is 2.71 bits per heavy atom. The first-order chi connectivity index (χ1) is 11.2. The van der Waals surface area contributed by atoms with Crippen LogP contribution < -0.4 is 5.32 Å². The van der Waals surface area contributed by atoms with E-state index in [2.05, 4.69) is 5.32 Å². The summed E-state index contributed by atoms with van der Waals surface area (Å²) in [6.45, 7) is 5.64. The minimum Gasteiger partial charge on any atom is -0.350 e. The summed E-state index contributed by atoms with van der Waals surface area (Å²) < 4.78 is 26.8. The van der Waals surface area contributed by atoms with Crippen molar-refractivity contribution in [3.8, 4) is 0 Å². The third-order valence-corrected chi connectivity index (χ3v) is 4.63. The normalized spacial score (nSPS) is 17.9. The third-order valence-electron chi connectivity index (χ3n) is 3.62. The minimum absolute atomic E-state index is 0.0419. The van der Waals surface area contributed by atoms with E-state index in [1.807, 2.05) is 20.8 Å². The minimum atomic E-state index is -0.530. The van der Waals surface area contributed by atoms with Crippen LogP contribution in [0.4, 0.5) is 8.78 Å². The molecule has 24 heavy (non-hydrogen) atoms. The van der Waals surface area contributed by atoms with E-state index in [0.717, 1.165) is 18.2 Å². The van der Waals surface area contributed by atoms with Gasteiger partial charge in [-0.1, -0.05) is 0 Å². The van der Waals surface area contributed by atoms with E-state index in [1.54, 1.807) is 0 Å². The maximum atomic E-state index is 13.6. The molecule has 1 heterocycles. The fourth-order valence-corrected chi connectivity index (χ4v) is 3.66. The van der Waals surface area contributed by atoms with Crippen LogP contribution in [0.15, 0.2) is 18.2 Å². The van der Waals surface area contributed by atoms with Crippen LogP contribution in [0.1, 0.15) is 32.8 Å². The van der Waals surface area contributed by atoms with Crippen molar-refractivity contribution in [2.24, 2.45) is 0 Å². The van der Waals surface area contributed by atoms with Crippen molar-refractivity contribution in [3.05, 3.63) is 35.4 Å². The van der Waals surface area contributed by atoms with Crippen molar-refractivity contribution in [1.29, 1.82) is 0 Å². The quantitative estimate of drug-likeness (QED) is 0.902. The second-order valence-corrected chi connectivity index (χ2v) is 7.85. The Bertz CT molecular complexity index is 632. The molecule has 0 saturated carbocycles. The zero-order chi connectivity index (χ0) is 17.9. The highest BCUT2D eigenvalue weighted by molar-refractivity contribution is 7.99. The number of rotatable bonds is 4. The lowest BCUT2D eigenvalue weighted by Gasteiger charge is -2.27. The van der Waals surface area contributed by atoms with Gasteiger partial charge in [0.25, 0.3) is 0 Å². The third kappa shape index (κ3) is 4.93. The molecule has 2 rings (SSSR count). The average molecular weight is 356 g/mol. The van der Waals surface area contributed by atoms with E-state index in [1.165, 1.54) is 16.7 Å². The average Bonchev–Trinajstić information content (AvgIpc) is 2.96. The van der Waals surface area contributed by atoms with Crippen LogP contribution in [0.3, 0.4) is 0 Å². The summed E-state index contributed by atoms with van der Waals surface area (Å²) >= 11 is 1.51. The zero-order valence-electron chi connectivity index (χ0n) is 14.1. The number of thioether (sulfide) groups is 1. The van der Waals surface area contributed by atoms with Gasteiger partial charge in [-0.2, -0.15) is 0 Å². The number of halogens is 2. The molecule has 1 aromatic carbocycles. The molecule has 7 heteroatoms. The van der Waals surface area contributed by atoms with Crippen molar-refractivity contribution >= 4 is 23.6 Å². The Hall–Kier alpha value is -1.63. The van der Waals surface area contributed by atoms with Crippen molar-refractivity contribution in [3.63, 3.8) is 0 Å². The van der Waals surface area contributed by atoms with E-state index in [9.17, 15) is 18.4 Å². The maximum Gasteiger partial charge on any atom is 0.244 e. The van der Waals surface area contributed by atoms with Crippen LogP contribution in [0.5, 0.6) is 0 Å². The molecule has 1 aliphatic heterocycles. The Morgan fingerprint density at radius 1 is 1.33 bits per heavy atom. The predicted octanol–water partition coefficient (Wildman–Crippen LogP) is 2.71. The lowest BCUT2D eigenvalue weighted by Crippen LogP contribution is -2.52. The van der Waals surface area contributed by atoms with Gasteiger partial charge in [0.15, 0.2) is 0 Å². The molecule has 1 aliphatic rings. The van der Waals surface area contributed by atoms with Crippen LogP contribution in [0.2, 0.25) is 0 Å². The Balaban J connectivity index is 1.98. The Labute approximate surface area is 145 Å². The predicted molar refractivity (Wildman–Crippen MR) is 90.5 cm³/mol. The molecule has 132 valence electrons. The summed E-state index contributed by atoms with van der Waals surface area (Å²) in [5, 5.41) is 2.88. The molecular weight excluding hydrogens is 334 g/mol. The topological polar surface area (TPSA) is 49.4 Å². The van der Waals surface area contributed by atoms with Crippen LogP contribution in [0, 0.1) is 11.6 Å². The number of hydrogen-bond acceptors (Lipinski definition) is 3. The van der Waals surface area contributed by atoms with Crippen LogP contribution in [0.25, 0.3) is 0 Å². The monoisotopic (exact) mass is 356 g/mol. The molecule has 0 aliphatic carbocycles. The number of nitrogens with one attached hydrogen (secondary N) is 1. The number of benzene rings is 1. The molecule has 1 aromatic rings. The van der Waals surface area contributed by atoms with Crippen molar-refractivity contribution in [1.82, 2.24) is 10.2 Å². The Morgan fingerprint density at radius 2 is 2.04 bits per heavy atom. The van der Waals surface area contributed by atoms with Gasteiger partial charge in [-0.3, -0.25) is 9.59 Å². The van der Waals surface area contributed by atoms with Gasteiger partial charge in [-0.25, -0.2) is 8.78 Å². The highest BCUT2D eigenvalue weighted by Crippen LogP contribution is 2.23. The number of carbonyl (C=O) groups is 2. The van der Waals surface area contributed by atoms with E-state index in [0.29, 0.717) is 11.6 Å². The summed E-state index contributed by atoms with van der Waals surface area (Å²) in [5.74, 6) is -0.482. The first-order valence-corrected chi connectivity index (χ1v) is 8.96. The van der Waals surface area contributed by atoms with E-state index < -0.39 is 17.7 Å². The molecular formula is C17H22F2N2O2S. The molecule has 0 radical (unpaired) electrons. The van der Waals surface area contributed by atoms with Gasteiger partial charge in [0.1, 0.15) is 17.7 Å². The number of carbonyl (C=O) groups excluding carboxylic acids is 2. The molecule has 2 amide bonds. The van der Waals surface area contributed by atoms with E-state index in [-0.39, 0.29) is 35.8 Å². The lowest BCUT2D eigenvalue weighted by molar-refractivity contribution is -0.138. The Kier molecular flexibility index (Phi) is 5.85. The SMILES string of the molecule is CC(C)(C)NC(=O)C1CSCN1C(=O)CCc1cc(F)ccc1F. The molecule has 1 N–H and O–H groups in total. The molecule has 0 bridgehead atoms. The second kappa shape index (κ2) is 7.51. The summed E-state index contributed by atoms with van der Waals surface area (Å²) in [6, 6.07) is 2.69. The van der Waals surface area contributed by atoms with Gasteiger partial charge in [-0.05, 0) is 51.0 Å². The van der Waals surface area contributed by atoms with Gasteiger partial charge in [-0.15, -0.1) is 11.8 Å². The van der Waals surface area contributed by atoms with Crippen molar-refractivity contribution in [2.45, 2.75) is 45.2 Å². The fourth-order valence-electron chi connectivity index (χ4n) is 2.48. The number of hydrogen-bond donors (Lipinski definition) is 1. The highest BCUT2D eigenvalue weighted by Gasteiger charge is 2.35. The van der Waals surface area contributed by atoms with Crippen LogP contribution in [-0.2, 0) is 16.0 Å². The van der Waals surface area contributed by atoms with E-state index in [4.69, 9.17) is 0 Å². The second-order valence-electron chi connectivity index (χ2n) is 6.85. The summed E-state index contributed by atoms with van der Waals surface area (Å²) in [7, 11) is 0. The molecule has 0 aromatic heterocycles. The van der Waals surface area contributed by atoms with Crippen LogP contribution >= 0.6 is 11.8 Å². The van der Waals surface area contributed by atoms with Crippen molar-refractivity contribution in [2.75, 3.05) is 11.6 Å². The number of aryl methyl sites for hydroxylation is 1. The number of nitrogens with zero attached hydrogens (tertiary/aromatic N) is 1. The summed E-state index contributed by atoms with van der Waals surface area (Å²) in [6.07, 6.45) is 0.150. The molecule has 4 nitrogen and oxygen atoms in total. The first kappa shape index (κ1) is 18.7. The number of amides is 2. The van der Waals surface area contributed by atoms with Gasteiger partial charge >= 0.3 is 0 Å². The molecule has 1 unspecified atom stereocenters. The summed E-state index contributed by atoms with van der Waals surface area (Å²) in [4.78, 5) is 26.2. The zero-order valence-corrected chi connectivity index (χ0v) is 14.9. The van der Waals surface area contributed by atoms with Gasteiger partial charge < -0.3 is 10.2 Å².